The van der Waals surface area contributed by atoms with Gasteiger partial charge in [0.1, 0.15) is 5.75 Å². The predicted molar refractivity (Wildman–Crippen MR) is 139 cm³/mol. The van der Waals surface area contributed by atoms with Crippen LogP contribution in [0.1, 0.15) is 28.8 Å². The maximum absolute atomic E-state index is 13.7. The van der Waals surface area contributed by atoms with Crippen molar-refractivity contribution < 1.29 is 19.0 Å². The number of amides is 1. The number of carbonyl (C=O) groups excluding carboxylic acids is 1. The topological polar surface area (TPSA) is 51.2 Å². The highest BCUT2D eigenvalue weighted by Crippen LogP contribution is 2.33. The summed E-state index contributed by atoms with van der Waals surface area (Å²) in [7, 11) is 4.95. The third kappa shape index (κ3) is 5.72. The molecule has 0 saturated carbocycles. The molecule has 4 rings (SSSR count). The summed E-state index contributed by atoms with van der Waals surface area (Å²) in [4.78, 5) is 18.0. The quantitative estimate of drug-likeness (QED) is 0.403. The average Bonchev–Trinajstić information content (AvgIpc) is 2.89. The van der Waals surface area contributed by atoms with Gasteiger partial charge in [-0.25, -0.2) is 0 Å². The second-order valence-electron chi connectivity index (χ2n) is 8.55. The van der Waals surface area contributed by atoms with Crippen LogP contribution >= 0.6 is 11.6 Å². The summed E-state index contributed by atoms with van der Waals surface area (Å²) >= 11 is 6.20. The lowest BCUT2D eigenvalue weighted by molar-refractivity contribution is 0.0958. The number of hydrogen-bond acceptors (Lipinski definition) is 5. The molecule has 0 bridgehead atoms. The number of anilines is 1. The zero-order chi connectivity index (χ0) is 24.8. The molecule has 1 saturated heterocycles. The standard InChI is InChI=1S/C28H31ClN2O4/c1-33-25-11-6-10-24(18-25)31(28(32)20-7-4-9-22(29)17-20)23-13-15-30(16-14-23)19-21-8-5-12-26(34-2)27(21)35-3/h4-12,17-18,23H,13-16,19H2,1-3H3. The molecule has 0 aromatic heterocycles. The fourth-order valence-corrected chi connectivity index (χ4v) is 4.86. The number of likely N-dealkylation sites (tertiary alicyclic amines) is 1. The molecule has 0 unspecified atom stereocenters. The van der Waals surface area contributed by atoms with Gasteiger partial charge in [0.05, 0.1) is 21.3 Å². The van der Waals surface area contributed by atoms with E-state index >= 15 is 0 Å². The molecule has 0 aliphatic carbocycles. The van der Waals surface area contributed by atoms with Crippen LogP contribution in [0.3, 0.4) is 0 Å². The van der Waals surface area contributed by atoms with Crippen molar-refractivity contribution in [2.45, 2.75) is 25.4 Å². The second kappa shape index (κ2) is 11.5. The molecule has 1 aliphatic rings. The summed E-state index contributed by atoms with van der Waals surface area (Å²) in [6, 6.07) is 20.8. The second-order valence-corrected chi connectivity index (χ2v) is 8.98. The van der Waals surface area contributed by atoms with Crippen molar-refractivity contribution in [3.8, 4) is 17.2 Å². The number of para-hydroxylation sites is 1. The maximum atomic E-state index is 13.7. The van der Waals surface area contributed by atoms with E-state index in [9.17, 15) is 4.79 Å². The maximum Gasteiger partial charge on any atom is 0.258 e. The summed E-state index contributed by atoms with van der Waals surface area (Å²) in [5, 5.41) is 0.545. The smallest absolute Gasteiger partial charge is 0.258 e. The van der Waals surface area contributed by atoms with Crippen molar-refractivity contribution in [3.05, 3.63) is 82.9 Å². The summed E-state index contributed by atoms with van der Waals surface area (Å²) in [5.74, 6) is 2.16. The van der Waals surface area contributed by atoms with Gasteiger partial charge in [-0.05, 0) is 49.2 Å². The molecule has 3 aromatic rings. The third-order valence-electron chi connectivity index (χ3n) is 6.42. The Morgan fingerprint density at radius 1 is 0.943 bits per heavy atom. The highest BCUT2D eigenvalue weighted by Gasteiger charge is 2.30. The summed E-state index contributed by atoms with van der Waals surface area (Å²) < 4.78 is 16.5. The zero-order valence-corrected chi connectivity index (χ0v) is 21.1. The van der Waals surface area contributed by atoms with E-state index in [0.717, 1.165) is 55.2 Å². The molecule has 7 heteroatoms. The number of ether oxygens (including phenoxy) is 3. The first-order valence-electron chi connectivity index (χ1n) is 11.7. The first kappa shape index (κ1) is 24.9. The molecule has 0 spiro atoms. The van der Waals surface area contributed by atoms with Crippen LogP contribution in [-0.4, -0.2) is 51.3 Å². The van der Waals surface area contributed by atoms with E-state index in [1.54, 1.807) is 33.5 Å². The number of carbonyl (C=O) groups is 1. The Hall–Kier alpha value is -3.22. The van der Waals surface area contributed by atoms with Crippen LogP contribution in [0.15, 0.2) is 66.7 Å². The van der Waals surface area contributed by atoms with Crippen molar-refractivity contribution in [1.29, 1.82) is 0 Å². The van der Waals surface area contributed by atoms with Crippen molar-refractivity contribution in [2.75, 3.05) is 39.3 Å². The van der Waals surface area contributed by atoms with Gasteiger partial charge in [0, 0.05) is 53.6 Å². The van der Waals surface area contributed by atoms with E-state index in [2.05, 4.69) is 11.0 Å². The van der Waals surface area contributed by atoms with Gasteiger partial charge in [-0.15, -0.1) is 0 Å². The lowest BCUT2D eigenvalue weighted by Crippen LogP contribution is -2.47. The predicted octanol–water partition coefficient (Wildman–Crippen LogP) is 5.68. The van der Waals surface area contributed by atoms with Crippen molar-refractivity contribution >= 4 is 23.2 Å². The van der Waals surface area contributed by atoms with Crippen LogP contribution < -0.4 is 19.1 Å². The van der Waals surface area contributed by atoms with Gasteiger partial charge in [0.15, 0.2) is 11.5 Å². The Labute approximate surface area is 212 Å². The van der Waals surface area contributed by atoms with E-state index in [0.29, 0.717) is 16.3 Å². The lowest BCUT2D eigenvalue weighted by Gasteiger charge is -2.39. The highest BCUT2D eigenvalue weighted by atomic mass is 35.5. The summed E-state index contributed by atoms with van der Waals surface area (Å²) in [6.07, 6.45) is 1.69. The Kier molecular flexibility index (Phi) is 8.16. The molecular formula is C28H31ClN2O4. The number of piperidine rings is 1. The molecule has 184 valence electrons. The SMILES string of the molecule is COc1cccc(N(C(=O)c2cccc(Cl)c2)C2CCN(Cc3cccc(OC)c3OC)CC2)c1. The first-order valence-corrected chi connectivity index (χ1v) is 12.1. The molecule has 1 fully saturated rings. The van der Waals surface area contributed by atoms with Crippen LogP contribution in [0.4, 0.5) is 5.69 Å². The van der Waals surface area contributed by atoms with Crippen LogP contribution in [0, 0.1) is 0 Å². The fraction of sp³-hybridized carbons (Fsp3) is 0.321. The molecule has 0 radical (unpaired) electrons. The number of rotatable bonds is 8. The van der Waals surface area contributed by atoms with Crippen molar-refractivity contribution in [3.63, 3.8) is 0 Å². The molecule has 1 aliphatic heterocycles. The summed E-state index contributed by atoms with van der Waals surface area (Å²) in [6.45, 7) is 2.47. The Bertz CT molecular complexity index is 1160. The molecule has 0 N–H and O–H groups in total. The third-order valence-corrected chi connectivity index (χ3v) is 6.66. The Morgan fingerprint density at radius 2 is 1.69 bits per heavy atom. The van der Waals surface area contributed by atoms with E-state index in [1.807, 2.05) is 53.4 Å². The van der Waals surface area contributed by atoms with Crippen LogP contribution in [0.5, 0.6) is 17.2 Å². The zero-order valence-electron chi connectivity index (χ0n) is 20.4. The minimum Gasteiger partial charge on any atom is -0.497 e. The molecule has 3 aromatic carbocycles. The number of benzene rings is 3. The normalized spacial score (nSPS) is 14.4. The molecule has 0 atom stereocenters. The molecule has 1 amide bonds. The monoisotopic (exact) mass is 494 g/mol. The van der Waals surface area contributed by atoms with Crippen molar-refractivity contribution in [1.82, 2.24) is 4.90 Å². The van der Waals surface area contributed by atoms with Gasteiger partial charge in [-0.1, -0.05) is 35.9 Å². The van der Waals surface area contributed by atoms with E-state index < -0.39 is 0 Å². The average molecular weight is 495 g/mol. The largest absolute Gasteiger partial charge is 0.497 e. The molecular weight excluding hydrogens is 464 g/mol. The minimum atomic E-state index is -0.0614. The van der Waals surface area contributed by atoms with E-state index in [-0.39, 0.29) is 11.9 Å². The van der Waals surface area contributed by atoms with Gasteiger partial charge in [-0.2, -0.15) is 0 Å². The minimum absolute atomic E-state index is 0.0528. The first-order chi connectivity index (χ1) is 17.0. The lowest BCUT2D eigenvalue weighted by atomic mass is 10.00. The highest BCUT2D eigenvalue weighted by molar-refractivity contribution is 6.31. The van der Waals surface area contributed by atoms with Crippen LogP contribution in [0.25, 0.3) is 0 Å². The van der Waals surface area contributed by atoms with Gasteiger partial charge in [0.2, 0.25) is 0 Å². The Balaban J connectivity index is 1.54. The molecule has 1 heterocycles. The molecule has 6 nitrogen and oxygen atoms in total. The molecule has 35 heavy (non-hydrogen) atoms. The summed E-state index contributed by atoms with van der Waals surface area (Å²) in [5.41, 5.74) is 2.48. The number of hydrogen-bond donors (Lipinski definition) is 0. The van der Waals surface area contributed by atoms with Gasteiger partial charge in [0.25, 0.3) is 5.91 Å². The number of methoxy groups -OCH3 is 3. The van der Waals surface area contributed by atoms with E-state index in [1.165, 1.54) is 0 Å². The Morgan fingerprint density at radius 3 is 2.37 bits per heavy atom. The van der Waals surface area contributed by atoms with Crippen LogP contribution in [0.2, 0.25) is 5.02 Å². The van der Waals surface area contributed by atoms with Gasteiger partial charge in [-0.3, -0.25) is 9.69 Å². The fourth-order valence-electron chi connectivity index (χ4n) is 4.67. The van der Waals surface area contributed by atoms with Gasteiger partial charge >= 0.3 is 0 Å². The number of halogens is 1. The number of nitrogens with zero attached hydrogens (tertiary/aromatic N) is 2. The van der Waals surface area contributed by atoms with Gasteiger partial charge < -0.3 is 19.1 Å². The van der Waals surface area contributed by atoms with E-state index in [4.69, 9.17) is 25.8 Å². The van der Waals surface area contributed by atoms with Crippen LogP contribution in [-0.2, 0) is 6.54 Å². The van der Waals surface area contributed by atoms with Crippen molar-refractivity contribution in [2.24, 2.45) is 0 Å².